The Kier molecular flexibility index (Phi) is 3.47. The highest BCUT2D eigenvalue weighted by Gasteiger charge is 2.08. The Bertz CT molecular complexity index is 747. The third-order valence-electron chi connectivity index (χ3n) is 3.12. The Hall–Kier alpha value is -2.95. The summed E-state index contributed by atoms with van der Waals surface area (Å²) < 4.78 is 1.60. The first-order valence-electron chi connectivity index (χ1n) is 6.53. The number of aryl methyl sites for hydroxylation is 1. The predicted octanol–water partition coefficient (Wildman–Crippen LogP) is 2.73. The van der Waals surface area contributed by atoms with Crippen molar-refractivity contribution in [1.29, 1.82) is 0 Å². The van der Waals surface area contributed by atoms with Crippen LogP contribution in [0.3, 0.4) is 0 Å². The average Bonchev–Trinajstić information content (AvgIpc) is 2.96. The fraction of sp³-hybridized carbons (Fsp3) is 0.0625. The van der Waals surface area contributed by atoms with Gasteiger partial charge in [-0.2, -0.15) is 5.10 Å². The lowest BCUT2D eigenvalue weighted by Gasteiger charge is -2.05. The number of carbonyl (C=O) groups excluding carboxylic acids is 1. The molecule has 3 rings (SSSR count). The summed E-state index contributed by atoms with van der Waals surface area (Å²) in [5.74, 6) is -0.167. The van der Waals surface area contributed by atoms with Crippen molar-refractivity contribution in [2.24, 2.45) is 7.05 Å². The van der Waals surface area contributed by atoms with E-state index in [4.69, 9.17) is 0 Å². The van der Waals surface area contributed by atoms with Crippen molar-refractivity contribution >= 4 is 11.6 Å². The molecule has 1 aromatic carbocycles. The summed E-state index contributed by atoms with van der Waals surface area (Å²) in [6, 6.07) is 11.6. The zero-order valence-electron chi connectivity index (χ0n) is 11.5. The van der Waals surface area contributed by atoms with Gasteiger partial charge in [0.1, 0.15) is 0 Å². The molecular formula is C16H14N4O. The van der Waals surface area contributed by atoms with E-state index in [1.54, 1.807) is 36.5 Å². The lowest BCUT2D eigenvalue weighted by atomic mass is 10.1. The number of rotatable bonds is 3. The summed E-state index contributed by atoms with van der Waals surface area (Å²) in [5.41, 5.74) is 3.46. The number of nitrogens with zero attached hydrogens (tertiary/aromatic N) is 3. The molecule has 0 fully saturated rings. The number of pyridine rings is 1. The molecule has 2 heterocycles. The van der Waals surface area contributed by atoms with Gasteiger partial charge < -0.3 is 5.32 Å². The van der Waals surface area contributed by atoms with E-state index in [1.165, 1.54) is 0 Å². The van der Waals surface area contributed by atoms with Crippen LogP contribution in [-0.2, 0) is 7.05 Å². The van der Waals surface area contributed by atoms with E-state index in [0.29, 0.717) is 5.56 Å². The van der Waals surface area contributed by atoms with Gasteiger partial charge in [0.15, 0.2) is 0 Å². The summed E-state index contributed by atoms with van der Waals surface area (Å²) in [7, 11) is 1.78. The maximum Gasteiger partial charge on any atom is 0.258 e. The molecule has 1 N–H and O–H groups in total. The van der Waals surface area contributed by atoms with Crippen LogP contribution in [0.4, 0.5) is 5.69 Å². The molecule has 0 aliphatic rings. The van der Waals surface area contributed by atoms with Crippen LogP contribution in [-0.4, -0.2) is 20.7 Å². The van der Waals surface area contributed by atoms with E-state index in [9.17, 15) is 4.79 Å². The first-order chi connectivity index (χ1) is 10.2. The zero-order chi connectivity index (χ0) is 14.7. The van der Waals surface area contributed by atoms with Crippen molar-refractivity contribution in [3.05, 3.63) is 66.7 Å². The summed E-state index contributed by atoms with van der Waals surface area (Å²) in [4.78, 5) is 16.0. The van der Waals surface area contributed by atoms with Crippen molar-refractivity contribution in [3.63, 3.8) is 0 Å². The number of nitrogens with one attached hydrogen (secondary N) is 1. The van der Waals surface area contributed by atoms with E-state index in [-0.39, 0.29) is 5.91 Å². The SMILES string of the molecule is Cn1cc(C(=O)Nc2ccc(-c3ccncc3)cc2)cn1. The highest BCUT2D eigenvalue weighted by molar-refractivity contribution is 6.04. The largest absolute Gasteiger partial charge is 0.322 e. The van der Waals surface area contributed by atoms with Crippen molar-refractivity contribution in [1.82, 2.24) is 14.8 Å². The van der Waals surface area contributed by atoms with Gasteiger partial charge in [0.05, 0.1) is 11.8 Å². The van der Waals surface area contributed by atoms with Gasteiger partial charge in [-0.15, -0.1) is 0 Å². The second kappa shape index (κ2) is 5.58. The van der Waals surface area contributed by atoms with Crippen LogP contribution in [0.2, 0.25) is 0 Å². The lowest BCUT2D eigenvalue weighted by molar-refractivity contribution is 0.102. The highest BCUT2D eigenvalue weighted by atomic mass is 16.1. The quantitative estimate of drug-likeness (QED) is 0.801. The second-order valence-corrected chi connectivity index (χ2v) is 4.67. The topological polar surface area (TPSA) is 59.8 Å². The van der Waals surface area contributed by atoms with Crippen LogP contribution >= 0.6 is 0 Å². The van der Waals surface area contributed by atoms with E-state index >= 15 is 0 Å². The molecule has 3 aromatic rings. The Labute approximate surface area is 122 Å². The molecule has 0 atom stereocenters. The Morgan fingerprint density at radius 3 is 2.33 bits per heavy atom. The van der Waals surface area contributed by atoms with Crippen LogP contribution in [0.1, 0.15) is 10.4 Å². The molecule has 104 valence electrons. The van der Waals surface area contributed by atoms with Crippen molar-refractivity contribution in [3.8, 4) is 11.1 Å². The number of hydrogen-bond acceptors (Lipinski definition) is 3. The molecule has 21 heavy (non-hydrogen) atoms. The van der Waals surface area contributed by atoms with Gasteiger partial charge in [0.2, 0.25) is 0 Å². The average molecular weight is 278 g/mol. The number of carbonyl (C=O) groups is 1. The van der Waals surface area contributed by atoms with E-state index in [2.05, 4.69) is 15.4 Å². The van der Waals surface area contributed by atoms with Gasteiger partial charge >= 0.3 is 0 Å². The van der Waals surface area contributed by atoms with E-state index in [1.807, 2.05) is 36.4 Å². The third kappa shape index (κ3) is 2.97. The van der Waals surface area contributed by atoms with Gasteiger partial charge in [0, 0.05) is 31.3 Å². The zero-order valence-corrected chi connectivity index (χ0v) is 11.5. The summed E-state index contributed by atoms with van der Waals surface area (Å²) in [6.07, 6.45) is 6.74. The van der Waals surface area contributed by atoms with Gasteiger partial charge in [-0.25, -0.2) is 0 Å². The Balaban J connectivity index is 1.74. The third-order valence-corrected chi connectivity index (χ3v) is 3.12. The fourth-order valence-electron chi connectivity index (χ4n) is 2.03. The summed E-state index contributed by atoms with van der Waals surface area (Å²) in [6.45, 7) is 0. The van der Waals surface area contributed by atoms with Gasteiger partial charge in [-0.1, -0.05) is 12.1 Å². The maximum atomic E-state index is 12.0. The molecule has 5 nitrogen and oxygen atoms in total. The van der Waals surface area contributed by atoms with Gasteiger partial charge in [-0.05, 0) is 35.4 Å². The maximum absolute atomic E-state index is 12.0. The summed E-state index contributed by atoms with van der Waals surface area (Å²) >= 11 is 0. The normalized spacial score (nSPS) is 10.3. The van der Waals surface area contributed by atoms with Crippen LogP contribution in [0.25, 0.3) is 11.1 Å². The minimum atomic E-state index is -0.167. The first-order valence-corrected chi connectivity index (χ1v) is 6.53. The van der Waals surface area contributed by atoms with Crippen molar-refractivity contribution < 1.29 is 4.79 Å². The van der Waals surface area contributed by atoms with E-state index < -0.39 is 0 Å². The van der Waals surface area contributed by atoms with Crippen LogP contribution in [0, 0.1) is 0 Å². The van der Waals surface area contributed by atoms with Crippen molar-refractivity contribution in [2.45, 2.75) is 0 Å². The number of anilines is 1. The lowest BCUT2D eigenvalue weighted by Crippen LogP contribution is -2.10. The molecule has 0 aliphatic heterocycles. The molecule has 0 spiro atoms. The fourth-order valence-corrected chi connectivity index (χ4v) is 2.03. The smallest absolute Gasteiger partial charge is 0.258 e. The molecule has 0 radical (unpaired) electrons. The molecule has 1 amide bonds. The van der Waals surface area contributed by atoms with Crippen LogP contribution in [0.15, 0.2) is 61.2 Å². The molecule has 0 unspecified atom stereocenters. The summed E-state index contributed by atoms with van der Waals surface area (Å²) in [5, 5.41) is 6.83. The number of amides is 1. The monoisotopic (exact) mass is 278 g/mol. The number of aromatic nitrogens is 3. The minimum absolute atomic E-state index is 0.167. The highest BCUT2D eigenvalue weighted by Crippen LogP contribution is 2.20. The van der Waals surface area contributed by atoms with E-state index in [0.717, 1.165) is 16.8 Å². The van der Waals surface area contributed by atoms with Gasteiger partial charge in [-0.3, -0.25) is 14.5 Å². The van der Waals surface area contributed by atoms with Gasteiger partial charge in [0.25, 0.3) is 5.91 Å². The molecule has 0 aliphatic carbocycles. The molecule has 2 aromatic heterocycles. The van der Waals surface area contributed by atoms with Crippen LogP contribution in [0.5, 0.6) is 0 Å². The molecule has 0 saturated carbocycles. The minimum Gasteiger partial charge on any atom is -0.322 e. The Morgan fingerprint density at radius 1 is 1.05 bits per heavy atom. The second-order valence-electron chi connectivity index (χ2n) is 4.67. The standard InChI is InChI=1S/C16H14N4O/c1-20-11-14(10-18-20)16(21)19-15-4-2-12(3-5-15)13-6-8-17-9-7-13/h2-11H,1H3,(H,19,21). The Morgan fingerprint density at radius 2 is 1.71 bits per heavy atom. The first kappa shape index (κ1) is 13.1. The molecule has 0 bridgehead atoms. The molecule has 0 saturated heterocycles. The van der Waals surface area contributed by atoms with Crippen molar-refractivity contribution in [2.75, 3.05) is 5.32 Å². The molecular weight excluding hydrogens is 264 g/mol. The van der Waals surface area contributed by atoms with Crippen LogP contribution < -0.4 is 5.32 Å². The molecule has 5 heteroatoms. The number of benzene rings is 1. The number of hydrogen-bond donors (Lipinski definition) is 1. The predicted molar refractivity (Wildman–Crippen MR) is 80.8 cm³/mol.